The summed E-state index contributed by atoms with van der Waals surface area (Å²) < 4.78 is 2.19. The SMILES string of the molecule is C[C@@H]1c2cccn2CCN1C(=O)[C@@H]1CC(=O)N(c2cccc(Cl)c2)C1. The number of aromatic nitrogens is 1. The molecule has 2 aliphatic rings. The van der Waals surface area contributed by atoms with Crippen LogP contribution in [-0.4, -0.2) is 34.4 Å². The summed E-state index contributed by atoms with van der Waals surface area (Å²) in [5, 5.41) is 0.588. The van der Waals surface area contributed by atoms with Gasteiger partial charge >= 0.3 is 0 Å². The molecule has 130 valence electrons. The highest BCUT2D eigenvalue weighted by Crippen LogP contribution is 2.32. The Morgan fingerprint density at radius 2 is 2.04 bits per heavy atom. The molecule has 2 aliphatic heterocycles. The van der Waals surface area contributed by atoms with Crippen LogP contribution in [0.25, 0.3) is 0 Å². The molecule has 0 aliphatic carbocycles. The summed E-state index contributed by atoms with van der Waals surface area (Å²) in [6.45, 7) is 3.96. The van der Waals surface area contributed by atoms with Crippen LogP contribution in [0, 0.1) is 5.92 Å². The number of fused-ring (bicyclic) bond motifs is 1. The largest absolute Gasteiger partial charge is 0.348 e. The van der Waals surface area contributed by atoms with Crippen molar-refractivity contribution in [2.24, 2.45) is 5.92 Å². The Bertz CT molecular complexity index is 832. The second-order valence-corrected chi connectivity index (χ2v) is 7.16. The third-order valence-electron chi connectivity index (χ3n) is 5.22. The van der Waals surface area contributed by atoms with Crippen LogP contribution in [-0.2, 0) is 16.1 Å². The van der Waals surface area contributed by atoms with Gasteiger partial charge in [-0.2, -0.15) is 0 Å². The molecule has 0 radical (unpaired) electrons. The molecule has 1 aromatic heterocycles. The molecule has 0 unspecified atom stereocenters. The minimum atomic E-state index is -0.296. The zero-order chi connectivity index (χ0) is 17.6. The number of benzene rings is 1. The summed E-state index contributed by atoms with van der Waals surface area (Å²) in [6.07, 6.45) is 2.31. The van der Waals surface area contributed by atoms with Crippen molar-refractivity contribution in [2.75, 3.05) is 18.0 Å². The predicted molar refractivity (Wildman–Crippen MR) is 96.5 cm³/mol. The van der Waals surface area contributed by atoms with Crippen molar-refractivity contribution in [1.29, 1.82) is 0 Å². The molecule has 1 aromatic carbocycles. The molecule has 0 saturated carbocycles. The van der Waals surface area contributed by atoms with Crippen LogP contribution in [0.4, 0.5) is 5.69 Å². The molecule has 5 nitrogen and oxygen atoms in total. The maximum Gasteiger partial charge on any atom is 0.228 e. The number of amides is 2. The molecule has 1 saturated heterocycles. The second kappa shape index (κ2) is 6.23. The van der Waals surface area contributed by atoms with Crippen LogP contribution < -0.4 is 4.90 Å². The Labute approximate surface area is 151 Å². The summed E-state index contributed by atoms with van der Waals surface area (Å²) in [5.74, 6) is -0.248. The molecular weight excluding hydrogens is 338 g/mol. The summed E-state index contributed by atoms with van der Waals surface area (Å²) in [5.41, 5.74) is 1.91. The lowest BCUT2D eigenvalue weighted by atomic mass is 10.0. The standard InChI is InChI=1S/C19H20ClN3O2/c1-13-17-6-3-7-21(17)8-9-22(13)19(25)14-10-18(24)23(12-14)16-5-2-4-15(20)11-16/h2-7,11,13-14H,8-10,12H2,1H3/t13-,14-/m1/s1. The summed E-state index contributed by atoms with van der Waals surface area (Å²) in [7, 11) is 0. The van der Waals surface area contributed by atoms with E-state index < -0.39 is 0 Å². The van der Waals surface area contributed by atoms with E-state index in [1.165, 1.54) is 0 Å². The van der Waals surface area contributed by atoms with Gasteiger partial charge in [0.15, 0.2) is 0 Å². The van der Waals surface area contributed by atoms with Crippen LogP contribution >= 0.6 is 11.6 Å². The van der Waals surface area contributed by atoms with Crippen molar-refractivity contribution in [1.82, 2.24) is 9.47 Å². The van der Waals surface area contributed by atoms with Crippen molar-refractivity contribution in [3.63, 3.8) is 0 Å². The van der Waals surface area contributed by atoms with E-state index in [4.69, 9.17) is 11.6 Å². The van der Waals surface area contributed by atoms with Crippen molar-refractivity contribution in [3.05, 3.63) is 53.3 Å². The Balaban J connectivity index is 1.51. The summed E-state index contributed by atoms with van der Waals surface area (Å²) in [6, 6.07) is 11.3. The average molecular weight is 358 g/mol. The molecule has 2 amide bonds. The van der Waals surface area contributed by atoms with Gasteiger partial charge in [-0.05, 0) is 37.3 Å². The fraction of sp³-hybridized carbons (Fsp3) is 0.368. The lowest BCUT2D eigenvalue weighted by Crippen LogP contribution is -2.44. The average Bonchev–Trinajstić information content (AvgIpc) is 3.21. The summed E-state index contributed by atoms with van der Waals surface area (Å²) in [4.78, 5) is 29.1. The number of carbonyl (C=O) groups is 2. The number of rotatable bonds is 2. The van der Waals surface area contributed by atoms with Crippen molar-refractivity contribution in [3.8, 4) is 0 Å². The Kier molecular flexibility index (Phi) is 4.04. The van der Waals surface area contributed by atoms with Crippen LogP contribution in [0.3, 0.4) is 0 Å². The first-order chi connectivity index (χ1) is 12.0. The molecule has 6 heteroatoms. The molecule has 25 heavy (non-hydrogen) atoms. The minimum absolute atomic E-state index is 0.0198. The van der Waals surface area contributed by atoms with Gasteiger partial charge in [-0.1, -0.05) is 17.7 Å². The number of nitrogens with zero attached hydrogens (tertiary/aromatic N) is 3. The molecule has 2 aromatic rings. The summed E-state index contributed by atoms with van der Waals surface area (Å²) >= 11 is 6.03. The molecule has 4 rings (SSSR count). The number of carbonyl (C=O) groups excluding carboxylic acids is 2. The van der Waals surface area contributed by atoms with E-state index in [-0.39, 0.29) is 30.2 Å². The van der Waals surface area contributed by atoms with Gasteiger partial charge in [0.1, 0.15) is 0 Å². The topological polar surface area (TPSA) is 45.6 Å². The molecule has 0 spiro atoms. The van der Waals surface area contributed by atoms with E-state index in [0.29, 0.717) is 18.1 Å². The van der Waals surface area contributed by atoms with Crippen LogP contribution in [0.15, 0.2) is 42.6 Å². The quantitative estimate of drug-likeness (QED) is 0.829. The monoisotopic (exact) mass is 357 g/mol. The number of hydrogen-bond acceptors (Lipinski definition) is 2. The van der Waals surface area contributed by atoms with Gasteiger partial charge in [-0.15, -0.1) is 0 Å². The number of anilines is 1. The molecule has 3 heterocycles. The first-order valence-electron chi connectivity index (χ1n) is 8.56. The van der Waals surface area contributed by atoms with E-state index in [1.807, 2.05) is 29.3 Å². The maximum absolute atomic E-state index is 13.0. The minimum Gasteiger partial charge on any atom is -0.348 e. The molecule has 1 fully saturated rings. The first kappa shape index (κ1) is 16.2. The fourth-order valence-electron chi connectivity index (χ4n) is 3.88. The maximum atomic E-state index is 13.0. The zero-order valence-electron chi connectivity index (χ0n) is 14.1. The zero-order valence-corrected chi connectivity index (χ0v) is 14.8. The van der Waals surface area contributed by atoms with Gasteiger partial charge in [-0.25, -0.2) is 0 Å². The van der Waals surface area contributed by atoms with Gasteiger partial charge in [0.2, 0.25) is 11.8 Å². The highest BCUT2D eigenvalue weighted by atomic mass is 35.5. The van der Waals surface area contributed by atoms with Crippen LogP contribution in [0.1, 0.15) is 25.1 Å². The lowest BCUT2D eigenvalue weighted by molar-refractivity contribution is -0.139. The van der Waals surface area contributed by atoms with Gasteiger partial charge in [0, 0.05) is 48.7 Å². The molecule has 0 N–H and O–H groups in total. The third-order valence-corrected chi connectivity index (χ3v) is 5.45. The van der Waals surface area contributed by atoms with E-state index in [9.17, 15) is 9.59 Å². The van der Waals surface area contributed by atoms with Crippen LogP contribution in [0.5, 0.6) is 0 Å². The van der Waals surface area contributed by atoms with Gasteiger partial charge in [0.05, 0.1) is 12.0 Å². The van der Waals surface area contributed by atoms with E-state index in [2.05, 4.69) is 17.6 Å². The number of halogens is 1. The Morgan fingerprint density at radius 1 is 1.20 bits per heavy atom. The van der Waals surface area contributed by atoms with Gasteiger partial charge < -0.3 is 14.4 Å². The van der Waals surface area contributed by atoms with E-state index >= 15 is 0 Å². The fourth-order valence-corrected chi connectivity index (χ4v) is 4.07. The molecular formula is C19H20ClN3O2. The molecule has 2 atom stereocenters. The van der Waals surface area contributed by atoms with Gasteiger partial charge in [-0.3, -0.25) is 9.59 Å². The first-order valence-corrected chi connectivity index (χ1v) is 8.94. The lowest BCUT2D eigenvalue weighted by Gasteiger charge is -2.36. The smallest absolute Gasteiger partial charge is 0.228 e. The van der Waals surface area contributed by atoms with Crippen molar-refractivity contribution < 1.29 is 9.59 Å². The molecule has 0 bridgehead atoms. The third kappa shape index (κ3) is 2.82. The normalized spacial score (nSPS) is 23.0. The second-order valence-electron chi connectivity index (χ2n) is 6.72. The van der Waals surface area contributed by atoms with Crippen LogP contribution in [0.2, 0.25) is 5.02 Å². The van der Waals surface area contributed by atoms with Crippen molar-refractivity contribution >= 4 is 29.1 Å². The van der Waals surface area contributed by atoms with Gasteiger partial charge in [0.25, 0.3) is 0 Å². The highest BCUT2D eigenvalue weighted by Gasteiger charge is 2.39. The predicted octanol–water partition coefficient (Wildman–Crippen LogP) is 3.10. The number of hydrogen-bond donors (Lipinski definition) is 0. The van der Waals surface area contributed by atoms with E-state index in [1.54, 1.807) is 17.0 Å². The Morgan fingerprint density at radius 3 is 2.84 bits per heavy atom. The van der Waals surface area contributed by atoms with Crippen molar-refractivity contribution in [2.45, 2.75) is 25.9 Å². The Hall–Kier alpha value is -2.27. The highest BCUT2D eigenvalue weighted by molar-refractivity contribution is 6.31. The van der Waals surface area contributed by atoms with E-state index in [0.717, 1.165) is 17.9 Å².